The molecule has 9 heteroatoms. The molecular formula is C17H12F6O3. The van der Waals surface area contributed by atoms with Crippen LogP contribution in [0.15, 0.2) is 36.4 Å². The van der Waals surface area contributed by atoms with Crippen LogP contribution in [-0.4, -0.2) is 13.4 Å². The van der Waals surface area contributed by atoms with Crippen LogP contribution in [0.2, 0.25) is 0 Å². The molecule has 0 aromatic heterocycles. The topological polar surface area (TPSA) is 35.5 Å². The van der Waals surface area contributed by atoms with E-state index in [1.165, 1.54) is 25.3 Å². The van der Waals surface area contributed by atoms with E-state index in [1.807, 2.05) is 0 Å². The number of alkyl halides is 6. The molecule has 0 saturated heterocycles. The van der Waals surface area contributed by atoms with E-state index in [-0.39, 0.29) is 17.1 Å². The second-order valence-corrected chi connectivity index (χ2v) is 5.18. The number of ether oxygens (including phenoxy) is 2. The second kappa shape index (κ2) is 7.27. The number of carbonyl (C=O) groups excluding carboxylic acids is 1. The van der Waals surface area contributed by atoms with Crippen molar-refractivity contribution in [3.05, 3.63) is 58.7 Å². The molecule has 26 heavy (non-hydrogen) atoms. The molecule has 2 aromatic carbocycles. The van der Waals surface area contributed by atoms with Crippen molar-refractivity contribution in [2.75, 3.05) is 7.11 Å². The second-order valence-electron chi connectivity index (χ2n) is 5.18. The molecule has 0 bridgehead atoms. The molecule has 0 N–H and O–H groups in total. The highest BCUT2D eigenvalue weighted by Crippen LogP contribution is 2.37. The van der Waals surface area contributed by atoms with Crippen molar-refractivity contribution < 1.29 is 40.6 Å². The van der Waals surface area contributed by atoms with Crippen molar-refractivity contribution in [3.8, 4) is 11.5 Å². The Morgan fingerprint density at radius 2 is 1.62 bits per heavy atom. The van der Waals surface area contributed by atoms with Crippen LogP contribution in [0.1, 0.15) is 27.0 Å². The SMILES string of the molecule is COc1ccc(C=O)cc1OCc1cc(C(F)(F)F)ccc1C(F)(F)F. The van der Waals surface area contributed by atoms with Crippen LogP contribution in [0.5, 0.6) is 11.5 Å². The molecule has 0 unspecified atom stereocenters. The van der Waals surface area contributed by atoms with E-state index in [0.29, 0.717) is 24.5 Å². The summed E-state index contributed by atoms with van der Waals surface area (Å²) in [5.41, 5.74) is -2.99. The van der Waals surface area contributed by atoms with Crippen molar-refractivity contribution >= 4 is 6.29 Å². The normalized spacial score (nSPS) is 12.0. The fourth-order valence-electron chi connectivity index (χ4n) is 2.20. The molecule has 3 nitrogen and oxygen atoms in total. The predicted octanol–water partition coefficient (Wildman–Crippen LogP) is 5.12. The van der Waals surface area contributed by atoms with Crippen molar-refractivity contribution in [2.45, 2.75) is 19.0 Å². The van der Waals surface area contributed by atoms with Gasteiger partial charge in [-0.15, -0.1) is 0 Å². The molecule has 0 radical (unpaired) electrons. The number of methoxy groups -OCH3 is 1. The van der Waals surface area contributed by atoms with Crippen molar-refractivity contribution in [1.82, 2.24) is 0 Å². The number of hydrogen-bond donors (Lipinski definition) is 0. The van der Waals surface area contributed by atoms with E-state index in [2.05, 4.69) is 0 Å². The number of carbonyl (C=O) groups is 1. The van der Waals surface area contributed by atoms with E-state index in [0.717, 1.165) is 0 Å². The third-order valence-corrected chi connectivity index (χ3v) is 3.44. The number of hydrogen-bond acceptors (Lipinski definition) is 3. The molecule has 2 aromatic rings. The first-order valence-corrected chi connectivity index (χ1v) is 7.09. The fraction of sp³-hybridized carbons (Fsp3) is 0.235. The van der Waals surface area contributed by atoms with Crippen LogP contribution in [0, 0.1) is 0 Å². The van der Waals surface area contributed by atoms with Gasteiger partial charge in [0, 0.05) is 11.1 Å². The summed E-state index contributed by atoms with van der Waals surface area (Å²) in [5.74, 6) is 0.0544. The molecular weight excluding hydrogens is 366 g/mol. The average molecular weight is 378 g/mol. The summed E-state index contributed by atoms with van der Waals surface area (Å²) >= 11 is 0. The van der Waals surface area contributed by atoms with Gasteiger partial charge in [0.05, 0.1) is 18.2 Å². The minimum atomic E-state index is -4.85. The van der Waals surface area contributed by atoms with E-state index < -0.39 is 35.6 Å². The zero-order chi connectivity index (χ0) is 19.5. The van der Waals surface area contributed by atoms with Gasteiger partial charge >= 0.3 is 12.4 Å². The van der Waals surface area contributed by atoms with Gasteiger partial charge in [0.1, 0.15) is 12.9 Å². The third-order valence-electron chi connectivity index (χ3n) is 3.44. The number of halogens is 6. The Morgan fingerprint density at radius 3 is 2.15 bits per heavy atom. The van der Waals surface area contributed by atoms with Gasteiger partial charge in [0.15, 0.2) is 11.5 Å². The van der Waals surface area contributed by atoms with E-state index >= 15 is 0 Å². The smallest absolute Gasteiger partial charge is 0.416 e. The maximum Gasteiger partial charge on any atom is 0.416 e. The van der Waals surface area contributed by atoms with Crippen molar-refractivity contribution in [3.63, 3.8) is 0 Å². The van der Waals surface area contributed by atoms with Gasteiger partial charge in [-0.2, -0.15) is 26.3 Å². The van der Waals surface area contributed by atoms with Gasteiger partial charge in [-0.25, -0.2) is 0 Å². The highest BCUT2D eigenvalue weighted by atomic mass is 19.4. The van der Waals surface area contributed by atoms with Crippen molar-refractivity contribution in [2.24, 2.45) is 0 Å². The van der Waals surface area contributed by atoms with Crippen LogP contribution in [0.4, 0.5) is 26.3 Å². The molecule has 140 valence electrons. The number of rotatable bonds is 5. The van der Waals surface area contributed by atoms with Crippen molar-refractivity contribution in [1.29, 1.82) is 0 Å². The van der Waals surface area contributed by atoms with Crippen LogP contribution < -0.4 is 9.47 Å². The fourth-order valence-corrected chi connectivity index (χ4v) is 2.20. The molecule has 0 heterocycles. The Hall–Kier alpha value is -2.71. The third kappa shape index (κ3) is 4.47. The molecule has 2 rings (SSSR count). The van der Waals surface area contributed by atoms with Crippen LogP contribution >= 0.6 is 0 Å². The van der Waals surface area contributed by atoms with Crippen LogP contribution in [0.25, 0.3) is 0 Å². The van der Waals surface area contributed by atoms with Gasteiger partial charge in [0.2, 0.25) is 0 Å². The maximum absolute atomic E-state index is 13.1. The molecule has 0 spiro atoms. The van der Waals surface area contributed by atoms with E-state index in [9.17, 15) is 31.1 Å². The van der Waals surface area contributed by atoms with Gasteiger partial charge < -0.3 is 9.47 Å². The lowest BCUT2D eigenvalue weighted by atomic mass is 10.0. The first kappa shape index (κ1) is 19.6. The zero-order valence-corrected chi connectivity index (χ0v) is 13.2. The molecule has 0 saturated carbocycles. The van der Waals surface area contributed by atoms with Crippen LogP contribution in [0.3, 0.4) is 0 Å². The van der Waals surface area contributed by atoms with E-state index in [4.69, 9.17) is 9.47 Å². The lowest BCUT2D eigenvalue weighted by Crippen LogP contribution is -2.14. The van der Waals surface area contributed by atoms with Gasteiger partial charge in [-0.3, -0.25) is 4.79 Å². The summed E-state index contributed by atoms with van der Waals surface area (Å²) in [6, 6.07) is 5.08. The predicted molar refractivity (Wildman–Crippen MR) is 79.2 cm³/mol. The van der Waals surface area contributed by atoms with Gasteiger partial charge in [-0.1, -0.05) is 0 Å². The minimum absolute atomic E-state index is 0.0670. The molecule has 0 aliphatic carbocycles. The largest absolute Gasteiger partial charge is 0.493 e. The van der Waals surface area contributed by atoms with E-state index in [1.54, 1.807) is 0 Å². The highest BCUT2D eigenvalue weighted by Gasteiger charge is 2.37. The zero-order valence-electron chi connectivity index (χ0n) is 13.2. The van der Waals surface area contributed by atoms with Crippen LogP contribution in [-0.2, 0) is 19.0 Å². The monoisotopic (exact) mass is 378 g/mol. The Bertz CT molecular complexity index is 796. The summed E-state index contributed by atoms with van der Waals surface area (Å²) < 4.78 is 87.7. The molecule has 0 atom stereocenters. The Labute approximate surface area is 144 Å². The quantitative estimate of drug-likeness (QED) is 0.535. The number of benzene rings is 2. The summed E-state index contributed by atoms with van der Waals surface area (Å²) in [7, 11) is 1.27. The Morgan fingerprint density at radius 1 is 0.923 bits per heavy atom. The Kier molecular flexibility index (Phi) is 5.48. The molecule has 0 aliphatic heterocycles. The minimum Gasteiger partial charge on any atom is -0.493 e. The molecule has 0 amide bonds. The lowest BCUT2D eigenvalue weighted by molar-refractivity contribution is -0.142. The lowest BCUT2D eigenvalue weighted by Gasteiger charge is -2.17. The highest BCUT2D eigenvalue weighted by molar-refractivity contribution is 5.76. The molecule has 0 aliphatic rings. The average Bonchev–Trinajstić information content (AvgIpc) is 2.57. The standard InChI is InChI=1S/C17H12F6O3/c1-25-14-5-2-10(8-24)6-15(14)26-9-11-7-12(16(18,19)20)3-4-13(11)17(21,22)23/h2-8H,9H2,1H3. The Balaban J connectivity index is 2.40. The number of aldehydes is 1. The summed E-state index contributed by atoms with van der Waals surface area (Å²) in [6.07, 6.45) is -9.16. The van der Waals surface area contributed by atoms with Gasteiger partial charge in [0.25, 0.3) is 0 Å². The summed E-state index contributed by atoms with van der Waals surface area (Å²) in [6.45, 7) is -0.794. The summed E-state index contributed by atoms with van der Waals surface area (Å²) in [4.78, 5) is 10.8. The summed E-state index contributed by atoms with van der Waals surface area (Å²) in [5, 5.41) is 0. The first-order chi connectivity index (χ1) is 12.1. The maximum atomic E-state index is 13.1. The first-order valence-electron chi connectivity index (χ1n) is 7.09. The molecule has 0 fully saturated rings. The van der Waals surface area contributed by atoms with Gasteiger partial charge in [-0.05, 0) is 36.4 Å².